The molecule has 29 heavy (non-hydrogen) atoms. The lowest BCUT2D eigenvalue weighted by Crippen LogP contribution is -2.37. The van der Waals surface area contributed by atoms with E-state index in [1.54, 1.807) is 60.7 Å². The third kappa shape index (κ3) is 5.73. The minimum absolute atomic E-state index is 0.341. The molecule has 0 aromatic heterocycles. The Kier molecular flexibility index (Phi) is 6.41. The Bertz CT molecular complexity index is 1090. The van der Waals surface area contributed by atoms with E-state index >= 15 is 0 Å². The van der Waals surface area contributed by atoms with Gasteiger partial charge in [-0.3, -0.25) is 9.10 Å². The second-order valence-corrected chi connectivity index (χ2v) is 8.55. The van der Waals surface area contributed by atoms with Gasteiger partial charge >= 0.3 is 0 Å². The molecule has 0 saturated heterocycles. The van der Waals surface area contributed by atoms with Crippen molar-refractivity contribution < 1.29 is 17.9 Å². The lowest BCUT2D eigenvalue weighted by molar-refractivity contribution is -0.114. The van der Waals surface area contributed by atoms with Gasteiger partial charge in [0.1, 0.15) is 12.3 Å². The summed E-state index contributed by atoms with van der Waals surface area (Å²) in [5.41, 5.74) is 0.741. The molecule has 3 aromatic carbocycles. The third-order valence-corrected chi connectivity index (χ3v) is 5.29. The number of carbonyl (C=O) groups excluding carboxylic acids is 1. The fourth-order valence-corrected chi connectivity index (χ4v) is 3.65. The molecule has 1 amide bonds. The molecule has 3 aromatic rings. The van der Waals surface area contributed by atoms with Gasteiger partial charge in [-0.15, -0.1) is 0 Å². The van der Waals surface area contributed by atoms with Gasteiger partial charge in [0, 0.05) is 5.02 Å². The van der Waals surface area contributed by atoms with Crippen molar-refractivity contribution in [1.29, 1.82) is 0 Å². The average Bonchev–Trinajstić information content (AvgIpc) is 2.69. The predicted molar refractivity (Wildman–Crippen MR) is 115 cm³/mol. The lowest BCUT2D eigenvalue weighted by atomic mass is 10.2. The Morgan fingerprint density at radius 1 is 1.00 bits per heavy atom. The van der Waals surface area contributed by atoms with Crippen LogP contribution in [0, 0.1) is 0 Å². The lowest BCUT2D eigenvalue weighted by Gasteiger charge is -2.22. The Morgan fingerprint density at radius 3 is 2.24 bits per heavy atom. The zero-order valence-corrected chi connectivity index (χ0v) is 17.2. The first-order valence-electron chi connectivity index (χ1n) is 8.68. The molecule has 150 valence electrons. The molecular weight excluding hydrogens is 412 g/mol. The number of hydrogen-bond acceptors (Lipinski definition) is 4. The van der Waals surface area contributed by atoms with Crippen LogP contribution in [0.3, 0.4) is 0 Å². The van der Waals surface area contributed by atoms with Crippen LogP contribution in [0.4, 0.5) is 11.4 Å². The van der Waals surface area contributed by atoms with Crippen molar-refractivity contribution in [3.05, 3.63) is 83.9 Å². The second kappa shape index (κ2) is 8.98. The largest absolute Gasteiger partial charge is 0.455 e. The summed E-state index contributed by atoms with van der Waals surface area (Å²) in [4.78, 5) is 12.6. The van der Waals surface area contributed by atoms with Gasteiger partial charge in [-0.05, 0) is 42.5 Å². The number of benzene rings is 3. The first kappa shape index (κ1) is 20.7. The van der Waals surface area contributed by atoms with Crippen molar-refractivity contribution in [3.63, 3.8) is 0 Å². The molecule has 0 spiro atoms. The maximum atomic E-state index is 12.6. The number of sulfonamides is 1. The van der Waals surface area contributed by atoms with E-state index in [1.165, 1.54) is 0 Å². The zero-order chi connectivity index (χ0) is 20.9. The summed E-state index contributed by atoms with van der Waals surface area (Å²) >= 11 is 6.06. The average molecular weight is 431 g/mol. The summed E-state index contributed by atoms with van der Waals surface area (Å²) in [6.07, 6.45) is 1.05. The summed E-state index contributed by atoms with van der Waals surface area (Å²) in [6.45, 7) is -0.389. The molecule has 0 fully saturated rings. The van der Waals surface area contributed by atoms with Gasteiger partial charge < -0.3 is 10.1 Å². The van der Waals surface area contributed by atoms with Gasteiger partial charge in [-0.1, -0.05) is 48.0 Å². The first-order valence-corrected chi connectivity index (χ1v) is 10.9. The zero-order valence-electron chi connectivity index (χ0n) is 15.6. The molecule has 0 aliphatic heterocycles. The van der Waals surface area contributed by atoms with Gasteiger partial charge in [0.2, 0.25) is 15.9 Å². The van der Waals surface area contributed by atoms with Crippen molar-refractivity contribution in [2.45, 2.75) is 0 Å². The highest BCUT2D eigenvalue weighted by molar-refractivity contribution is 7.92. The van der Waals surface area contributed by atoms with E-state index in [2.05, 4.69) is 5.32 Å². The highest BCUT2D eigenvalue weighted by Crippen LogP contribution is 2.32. The van der Waals surface area contributed by atoms with Crippen LogP contribution in [0.5, 0.6) is 11.5 Å². The molecule has 0 bridgehead atoms. The summed E-state index contributed by atoms with van der Waals surface area (Å²) in [6, 6.07) is 22.3. The maximum absolute atomic E-state index is 12.6. The second-order valence-electron chi connectivity index (χ2n) is 6.21. The van der Waals surface area contributed by atoms with Crippen LogP contribution in [0.1, 0.15) is 0 Å². The molecule has 0 heterocycles. The van der Waals surface area contributed by atoms with Crippen LogP contribution in [-0.2, 0) is 14.8 Å². The fourth-order valence-electron chi connectivity index (χ4n) is 2.62. The van der Waals surface area contributed by atoms with E-state index in [0.717, 1.165) is 10.6 Å². The predicted octanol–water partition coefficient (Wildman–Crippen LogP) is 4.54. The molecule has 8 heteroatoms. The van der Waals surface area contributed by atoms with Crippen molar-refractivity contribution >= 4 is 38.9 Å². The Morgan fingerprint density at radius 2 is 1.62 bits per heavy atom. The summed E-state index contributed by atoms with van der Waals surface area (Å²) in [5, 5.41) is 3.10. The Labute approximate surface area is 174 Å². The molecular formula is C21H19ClN2O4S. The van der Waals surface area contributed by atoms with Crippen LogP contribution < -0.4 is 14.4 Å². The minimum atomic E-state index is -3.66. The van der Waals surface area contributed by atoms with E-state index in [9.17, 15) is 13.2 Å². The standard InChI is InChI=1S/C21H19ClN2O4S/c1-29(26,27)24(17-8-4-2-5-9-17)15-21(25)23-19-14-16(22)12-13-20(19)28-18-10-6-3-7-11-18/h2-14H,15H2,1H3,(H,23,25). The molecule has 1 N–H and O–H groups in total. The smallest absolute Gasteiger partial charge is 0.245 e. The molecule has 0 radical (unpaired) electrons. The number of anilines is 2. The highest BCUT2D eigenvalue weighted by Gasteiger charge is 2.21. The Hall–Kier alpha value is -3.03. The van der Waals surface area contributed by atoms with E-state index < -0.39 is 15.9 Å². The fraction of sp³-hybridized carbons (Fsp3) is 0.0952. The van der Waals surface area contributed by atoms with E-state index in [0.29, 0.717) is 27.9 Å². The monoisotopic (exact) mass is 430 g/mol. The van der Waals surface area contributed by atoms with Gasteiger partial charge in [0.05, 0.1) is 17.6 Å². The highest BCUT2D eigenvalue weighted by atomic mass is 35.5. The first-order chi connectivity index (χ1) is 13.8. The van der Waals surface area contributed by atoms with Crippen molar-refractivity contribution in [2.24, 2.45) is 0 Å². The SMILES string of the molecule is CS(=O)(=O)N(CC(=O)Nc1cc(Cl)ccc1Oc1ccccc1)c1ccccc1. The van der Waals surface area contributed by atoms with Crippen molar-refractivity contribution in [3.8, 4) is 11.5 Å². The third-order valence-electron chi connectivity index (χ3n) is 3.92. The van der Waals surface area contributed by atoms with E-state index in [-0.39, 0.29) is 6.54 Å². The number of carbonyl (C=O) groups is 1. The van der Waals surface area contributed by atoms with E-state index in [4.69, 9.17) is 16.3 Å². The quantitative estimate of drug-likeness (QED) is 0.597. The number of para-hydroxylation sites is 2. The molecule has 0 saturated carbocycles. The molecule has 0 atom stereocenters. The van der Waals surface area contributed by atoms with Crippen molar-refractivity contribution in [1.82, 2.24) is 0 Å². The minimum Gasteiger partial charge on any atom is -0.455 e. The normalized spacial score (nSPS) is 11.0. The molecule has 6 nitrogen and oxygen atoms in total. The van der Waals surface area contributed by atoms with Gasteiger partial charge in [-0.25, -0.2) is 8.42 Å². The summed E-state index contributed by atoms with van der Waals surface area (Å²) in [5.74, 6) is 0.450. The van der Waals surface area contributed by atoms with Crippen LogP contribution >= 0.6 is 11.6 Å². The Balaban J connectivity index is 1.82. The van der Waals surface area contributed by atoms with Crippen LogP contribution in [0.2, 0.25) is 5.02 Å². The van der Waals surface area contributed by atoms with Gasteiger partial charge in [0.25, 0.3) is 0 Å². The number of nitrogens with one attached hydrogen (secondary N) is 1. The summed E-state index contributed by atoms with van der Waals surface area (Å²) < 4.78 is 31.2. The molecule has 3 rings (SSSR count). The van der Waals surface area contributed by atoms with Crippen molar-refractivity contribution in [2.75, 3.05) is 22.4 Å². The number of rotatable bonds is 7. The van der Waals surface area contributed by atoms with Crippen LogP contribution in [0.25, 0.3) is 0 Å². The maximum Gasteiger partial charge on any atom is 0.245 e. The van der Waals surface area contributed by atoms with E-state index in [1.807, 2.05) is 18.2 Å². The topological polar surface area (TPSA) is 75.7 Å². The number of amides is 1. The van der Waals surface area contributed by atoms with Crippen LogP contribution in [0.15, 0.2) is 78.9 Å². The number of ether oxygens (including phenoxy) is 1. The number of hydrogen-bond donors (Lipinski definition) is 1. The van der Waals surface area contributed by atoms with Gasteiger partial charge in [0.15, 0.2) is 5.75 Å². The summed E-state index contributed by atoms with van der Waals surface area (Å²) in [7, 11) is -3.66. The number of halogens is 1. The van der Waals surface area contributed by atoms with Gasteiger partial charge in [-0.2, -0.15) is 0 Å². The molecule has 0 aliphatic rings. The number of nitrogens with zero attached hydrogens (tertiary/aromatic N) is 1. The molecule has 0 unspecified atom stereocenters. The van der Waals surface area contributed by atoms with Crippen LogP contribution in [-0.4, -0.2) is 27.1 Å². The molecule has 0 aliphatic carbocycles.